The third-order valence-corrected chi connectivity index (χ3v) is 4.62. The Morgan fingerprint density at radius 3 is 2.76 bits per heavy atom. The minimum absolute atomic E-state index is 0.172. The average molecular weight is 299 g/mol. The lowest BCUT2D eigenvalue weighted by Gasteiger charge is -2.32. The van der Waals surface area contributed by atoms with Crippen molar-refractivity contribution in [2.75, 3.05) is 46.9 Å². The molecule has 0 amide bonds. The van der Waals surface area contributed by atoms with Gasteiger partial charge in [0.25, 0.3) is 0 Å². The lowest BCUT2D eigenvalue weighted by atomic mass is 9.97. The van der Waals surface area contributed by atoms with Gasteiger partial charge >= 0.3 is 5.97 Å². The number of nitrogens with zero attached hydrogens (tertiary/aromatic N) is 2. The summed E-state index contributed by atoms with van der Waals surface area (Å²) < 4.78 is 4.94. The molecule has 5 heteroatoms. The van der Waals surface area contributed by atoms with Gasteiger partial charge in [-0.25, -0.2) is 0 Å². The average Bonchev–Trinajstić information content (AvgIpc) is 2.91. The molecule has 1 aliphatic rings. The number of methoxy groups -OCH3 is 1. The highest BCUT2D eigenvalue weighted by molar-refractivity contribution is 5.80. The number of hydrogen-bond acceptors (Lipinski definition) is 5. The molecular weight excluding hydrogens is 266 g/mol. The Balaban J connectivity index is 2.46. The molecule has 124 valence electrons. The van der Waals surface area contributed by atoms with Gasteiger partial charge in [0, 0.05) is 19.1 Å². The molecule has 2 atom stereocenters. The van der Waals surface area contributed by atoms with Gasteiger partial charge in [0.1, 0.15) is 5.54 Å². The summed E-state index contributed by atoms with van der Waals surface area (Å²) in [5.41, 5.74) is -0.585. The highest BCUT2D eigenvalue weighted by Crippen LogP contribution is 2.18. The predicted molar refractivity (Wildman–Crippen MR) is 86.5 cm³/mol. The molecule has 0 aliphatic carbocycles. The molecule has 0 bridgehead atoms. The van der Waals surface area contributed by atoms with Crippen molar-refractivity contribution < 1.29 is 9.53 Å². The summed E-state index contributed by atoms with van der Waals surface area (Å²) >= 11 is 0. The molecule has 0 aromatic carbocycles. The Bertz CT molecular complexity index is 325. The van der Waals surface area contributed by atoms with Gasteiger partial charge < -0.3 is 15.0 Å². The highest BCUT2D eigenvalue weighted by atomic mass is 16.5. The maximum absolute atomic E-state index is 12.0. The van der Waals surface area contributed by atoms with E-state index in [4.69, 9.17) is 4.74 Å². The van der Waals surface area contributed by atoms with Gasteiger partial charge in [-0.05, 0) is 52.9 Å². The molecule has 1 heterocycles. The minimum Gasteiger partial charge on any atom is -0.468 e. The molecule has 1 N–H and O–H groups in total. The van der Waals surface area contributed by atoms with Crippen molar-refractivity contribution in [2.45, 2.75) is 51.6 Å². The van der Waals surface area contributed by atoms with Crippen LogP contribution in [0.2, 0.25) is 0 Å². The SMILES string of the molecule is CCNC(C)(CCN(C)CC1CCCN1CC)C(=O)OC. The van der Waals surface area contributed by atoms with Gasteiger partial charge in [-0.3, -0.25) is 9.69 Å². The topological polar surface area (TPSA) is 44.8 Å². The Labute approximate surface area is 130 Å². The summed E-state index contributed by atoms with van der Waals surface area (Å²) in [5, 5.41) is 3.27. The van der Waals surface area contributed by atoms with Crippen LogP contribution in [0, 0.1) is 0 Å². The fourth-order valence-electron chi connectivity index (χ4n) is 3.26. The summed E-state index contributed by atoms with van der Waals surface area (Å²) in [4.78, 5) is 16.9. The van der Waals surface area contributed by atoms with E-state index in [1.165, 1.54) is 26.5 Å². The Hall–Kier alpha value is -0.650. The van der Waals surface area contributed by atoms with E-state index in [1.807, 2.05) is 13.8 Å². The number of likely N-dealkylation sites (N-methyl/N-ethyl adjacent to an activating group) is 3. The molecule has 0 aromatic heterocycles. The smallest absolute Gasteiger partial charge is 0.325 e. The fourth-order valence-corrected chi connectivity index (χ4v) is 3.26. The van der Waals surface area contributed by atoms with Crippen molar-refractivity contribution in [3.8, 4) is 0 Å². The van der Waals surface area contributed by atoms with E-state index >= 15 is 0 Å². The van der Waals surface area contributed by atoms with Crippen molar-refractivity contribution in [2.24, 2.45) is 0 Å². The summed E-state index contributed by atoms with van der Waals surface area (Å²) in [6.45, 7) is 11.3. The molecule has 0 saturated carbocycles. The van der Waals surface area contributed by atoms with Crippen molar-refractivity contribution in [1.82, 2.24) is 15.1 Å². The number of carbonyl (C=O) groups is 1. The monoisotopic (exact) mass is 299 g/mol. The maximum atomic E-state index is 12.0. The molecule has 2 unspecified atom stereocenters. The first kappa shape index (κ1) is 18.4. The Morgan fingerprint density at radius 1 is 1.48 bits per heavy atom. The largest absolute Gasteiger partial charge is 0.468 e. The number of nitrogens with one attached hydrogen (secondary N) is 1. The van der Waals surface area contributed by atoms with Crippen LogP contribution < -0.4 is 5.32 Å². The van der Waals surface area contributed by atoms with E-state index < -0.39 is 5.54 Å². The van der Waals surface area contributed by atoms with Crippen LogP contribution >= 0.6 is 0 Å². The summed E-state index contributed by atoms with van der Waals surface area (Å²) in [6.07, 6.45) is 3.37. The first-order valence-electron chi connectivity index (χ1n) is 8.22. The van der Waals surface area contributed by atoms with Crippen LogP contribution in [0.5, 0.6) is 0 Å². The Kier molecular flexibility index (Phi) is 7.63. The third kappa shape index (κ3) is 5.24. The third-order valence-electron chi connectivity index (χ3n) is 4.62. The van der Waals surface area contributed by atoms with Crippen molar-refractivity contribution in [3.63, 3.8) is 0 Å². The molecule has 1 saturated heterocycles. The van der Waals surface area contributed by atoms with E-state index in [2.05, 4.69) is 29.1 Å². The number of esters is 1. The van der Waals surface area contributed by atoms with E-state index in [0.717, 1.165) is 32.6 Å². The van der Waals surface area contributed by atoms with Crippen LogP contribution in [0.3, 0.4) is 0 Å². The molecule has 5 nitrogen and oxygen atoms in total. The van der Waals surface area contributed by atoms with Crippen molar-refractivity contribution in [1.29, 1.82) is 0 Å². The number of rotatable bonds is 9. The van der Waals surface area contributed by atoms with Crippen LogP contribution in [0.1, 0.15) is 40.0 Å². The molecular formula is C16H33N3O2. The van der Waals surface area contributed by atoms with Gasteiger partial charge in [0.2, 0.25) is 0 Å². The highest BCUT2D eigenvalue weighted by Gasteiger charge is 2.33. The maximum Gasteiger partial charge on any atom is 0.325 e. The number of carbonyl (C=O) groups excluding carboxylic acids is 1. The zero-order valence-corrected chi connectivity index (χ0v) is 14.4. The molecule has 1 rings (SSSR count). The van der Waals surface area contributed by atoms with Crippen LogP contribution in [-0.2, 0) is 9.53 Å². The summed E-state index contributed by atoms with van der Waals surface area (Å²) in [7, 11) is 3.61. The van der Waals surface area contributed by atoms with E-state index in [-0.39, 0.29) is 5.97 Å². The van der Waals surface area contributed by atoms with Crippen molar-refractivity contribution in [3.05, 3.63) is 0 Å². The zero-order valence-electron chi connectivity index (χ0n) is 14.4. The number of ether oxygens (including phenoxy) is 1. The predicted octanol–water partition coefficient (Wildman–Crippen LogP) is 1.33. The second kappa shape index (κ2) is 8.71. The second-order valence-electron chi connectivity index (χ2n) is 6.29. The van der Waals surface area contributed by atoms with E-state index in [0.29, 0.717) is 6.04 Å². The first-order valence-corrected chi connectivity index (χ1v) is 8.22. The molecule has 0 spiro atoms. The molecule has 1 aliphatic heterocycles. The van der Waals surface area contributed by atoms with Crippen LogP contribution in [0.15, 0.2) is 0 Å². The standard InChI is InChI=1S/C16H33N3O2/c1-6-17-16(3,15(20)21-5)10-12-18(4)13-14-9-8-11-19(14)7-2/h14,17H,6-13H2,1-5H3. The molecule has 21 heavy (non-hydrogen) atoms. The fraction of sp³-hybridized carbons (Fsp3) is 0.938. The minimum atomic E-state index is -0.585. The first-order chi connectivity index (χ1) is 9.96. The zero-order chi connectivity index (χ0) is 15.9. The summed E-state index contributed by atoms with van der Waals surface area (Å²) in [6, 6.07) is 0.670. The quantitative estimate of drug-likeness (QED) is 0.651. The van der Waals surface area contributed by atoms with Gasteiger partial charge in [-0.15, -0.1) is 0 Å². The van der Waals surface area contributed by atoms with Gasteiger partial charge in [0.05, 0.1) is 7.11 Å². The normalized spacial score (nSPS) is 22.5. The molecule has 0 radical (unpaired) electrons. The Morgan fingerprint density at radius 2 is 2.19 bits per heavy atom. The molecule has 0 aromatic rings. The lowest BCUT2D eigenvalue weighted by molar-refractivity contribution is -0.148. The van der Waals surface area contributed by atoms with Crippen LogP contribution in [-0.4, -0.2) is 74.2 Å². The molecule has 1 fully saturated rings. The van der Waals surface area contributed by atoms with Crippen LogP contribution in [0.4, 0.5) is 0 Å². The van der Waals surface area contributed by atoms with Gasteiger partial charge in [-0.1, -0.05) is 13.8 Å². The van der Waals surface area contributed by atoms with Gasteiger partial charge in [-0.2, -0.15) is 0 Å². The van der Waals surface area contributed by atoms with E-state index in [9.17, 15) is 4.79 Å². The van der Waals surface area contributed by atoms with Crippen molar-refractivity contribution >= 4 is 5.97 Å². The lowest BCUT2D eigenvalue weighted by Crippen LogP contribution is -2.52. The van der Waals surface area contributed by atoms with Crippen LogP contribution in [0.25, 0.3) is 0 Å². The van der Waals surface area contributed by atoms with E-state index in [1.54, 1.807) is 0 Å². The number of hydrogen-bond donors (Lipinski definition) is 1. The second-order valence-corrected chi connectivity index (χ2v) is 6.29. The summed E-state index contributed by atoms with van der Waals surface area (Å²) in [5.74, 6) is -0.172. The number of likely N-dealkylation sites (tertiary alicyclic amines) is 1. The van der Waals surface area contributed by atoms with Gasteiger partial charge in [0.15, 0.2) is 0 Å².